The highest BCUT2D eigenvalue weighted by Crippen LogP contribution is 2.31. The molecule has 8 heteroatoms. The monoisotopic (exact) mass is 201 g/mol. The average molecular weight is 201 g/mol. The maximum atomic E-state index is 11.9. The van der Waals surface area contributed by atoms with Gasteiger partial charge in [0.2, 0.25) is 5.54 Å². The number of rotatable bonds is 3. The van der Waals surface area contributed by atoms with Crippen LogP contribution in [0.15, 0.2) is 0 Å². The van der Waals surface area contributed by atoms with Gasteiger partial charge < -0.3 is 15.9 Å². The largest absolute Gasteiger partial charge is 0.481 e. The van der Waals surface area contributed by atoms with Crippen molar-refractivity contribution in [3.63, 3.8) is 0 Å². The molecule has 0 heterocycles. The molecule has 0 amide bonds. The van der Waals surface area contributed by atoms with Crippen LogP contribution in [-0.4, -0.2) is 33.9 Å². The molecule has 0 aromatic carbocycles. The van der Waals surface area contributed by atoms with Gasteiger partial charge in [0.15, 0.2) is 0 Å². The Balaban J connectivity index is 4.96. The third kappa shape index (κ3) is 2.31. The zero-order valence-electron chi connectivity index (χ0n) is 6.13. The lowest BCUT2D eigenvalue weighted by molar-refractivity contribution is -0.206. The summed E-state index contributed by atoms with van der Waals surface area (Å²) in [6.45, 7) is 0. The molecule has 13 heavy (non-hydrogen) atoms. The molecular formula is C5H6F3NO4. The Morgan fingerprint density at radius 3 is 1.69 bits per heavy atom. The van der Waals surface area contributed by atoms with Crippen LogP contribution in [0.5, 0.6) is 0 Å². The third-order valence-electron chi connectivity index (χ3n) is 1.32. The fraction of sp³-hybridized carbons (Fsp3) is 0.600. The topological polar surface area (TPSA) is 101 Å². The Hall–Kier alpha value is -1.31. The second kappa shape index (κ2) is 3.21. The van der Waals surface area contributed by atoms with Crippen LogP contribution in [0.25, 0.3) is 0 Å². The summed E-state index contributed by atoms with van der Waals surface area (Å²) in [7, 11) is 0. The van der Waals surface area contributed by atoms with Crippen molar-refractivity contribution >= 4 is 11.9 Å². The minimum Gasteiger partial charge on any atom is -0.481 e. The molecule has 0 saturated carbocycles. The van der Waals surface area contributed by atoms with Crippen LogP contribution in [-0.2, 0) is 9.59 Å². The van der Waals surface area contributed by atoms with Gasteiger partial charge in [-0.25, -0.2) is 4.79 Å². The molecule has 0 aliphatic rings. The highest BCUT2D eigenvalue weighted by atomic mass is 19.4. The van der Waals surface area contributed by atoms with Crippen molar-refractivity contribution in [1.82, 2.24) is 0 Å². The Morgan fingerprint density at radius 1 is 1.23 bits per heavy atom. The van der Waals surface area contributed by atoms with E-state index in [-0.39, 0.29) is 0 Å². The molecule has 0 bridgehead atoms. The van der Waals surface area contributed by atoms with Crippen molar-refractivity contribution in [3.8, 4) is 0 Å². The van der Waals surface area contributed by atoms with E-state index >= 15 is 0 Å². The van der Waals surface area contributed by atoms with E-state index in [1.54, 1.807) is 0 Å². The lowest BCUT2D eigenvalue weighted by Gasteiger charge is -2.25. The zero-order chi connectivity index (χ0) is 10.9. The van der Waals surface area contributed by atoms with E-state index in [0.29, 0.717) is 0 Å². The average Bonchev–Trinajstić information content (AvgIpc) is 1.82. The Morgan fingerprint density at radius 2 is 1.62 bits per heavy atom. The number of hydrogen-bond acceptors (Lipinski definition) is 3. The summed E-state index contributed by atoms with van der Waals surface area (Å²) in [5.41, 5.74) is 0.690. The third-order valence-corrected chi connectivity index (χ3v) is 1.32. The first-order valence-electron chi connectivity index (χ1n) is 2.92. The summed E-state index contributed by atoms with van der Waals surface area (Å²) in [6.07, 6.45) is -7.00. The van der Waals surface area contributed by atoms with E-state index < -0.39 is 30.1 Å². The number of hydrogen-bond donors (Lipinski definition) is 3. The molecule has 0 aliphatic carbocycles. The van der Waals surface area contributed by atoms with Crippen LogP contribution in [0.2, 0.25) is 0 Å². The van der Waals surface area contributed by atoms with Gasteiger partial charge in [0.05, 0.1) is 6.42 Å². The minimum absolute atomic E-state index is 1.70. The highest BCUT2D eigenvalue weighted by molar-refractivity contribution is 5.85. The molecule has 0 rings (SSSR count). The predicted octanol–water partition coefficient (Wildman–Crippen LogP) is -0.195. The number of carboxylic acid groups (broad SMARTS) is 2. The van der Waals surface area contributed by atoms with Gasteiger partial charge in [0.1, 0.15) is 0 Å². The number of halogens is 3. The van der Waals surface area contributed by atoms with Gasteiger partial charge in [0, 0.05) is 0 Å². The normalized spacial score (nSPS) is 16.3. The van der Waals surface area contributed by atoms with Gasteiger partial charge in [-0.05, 0) is 0 Å². The second-order valence-corrected chi connectivity index (χ2v) is 2.34. The SMILES string of the molecule is NC(CC(=O)O)(C(=O)O)C(F)(F)F. The van der Waals surface area contributed by atoms with Crippen molar-refractivity contribution in [3.05, 3.63) is 0 Å². The lowest BCUT2D eigenvalue weighted by atomic mass is 9.96. The molecule has 0 aliphatic heterocycles. The first-order valence-corrected chi connectivity index (χ1v) is 2.92. The van der Waals surface area contributed by atoms with E-state index in [2.05, 4.69) is 5.73 Å². The molecule has 0 saturated heterocycles. The summed E-state index contributed by atoms with van der Waals surface area (Å²) < 4.78 is 35.8. The maximum absolute atomic E-state index is 11.9. The van der Waals surface area contributed by atoms with Crippen LogP contribution in [0.3, 0.4) is 0 Å². The predicted molar refractivity (Wildman–Crippen MR) is 32.9 cm³/mol. The maximum Gasteiger partial charge on any atom is 0.417 e. The Kier molecular flexibility index (Phi) is 2.88. The number of carboxylic acids is 2. The number of aliphatic carboxylic acids is 2. The van der Waals surface area contributed by atoms with Gasteiger partial charge in [-0.1, -0.05) is 0 Å². The smallest absolute Gasteiger partial charge is 0.417 e. The van der Waals surface area contributed by atoms with Crippen LogP contribution in [0.4, 0.5) is 13.2 Å². The van der Waals surface area contributed by atoms with Gasteiger partial charge in [-0.3, -0.25) is 4.79 Å². The van der Waals surface area contributed by atoms with E-state index in [1.807, 2.05) is 0 Å². The highest BCUT2D eigenvalue weighted by Gasteiger charge is 2.59. The fourth-order valence-electron chi connectivity index (χ4n) is 0.536. The summed E-state index contributed by atoms with van der Waals surface area (Å²) in [5, 5.41) is 16.1. The van der Waals surface area contributed by atoms with E-state index in [1.165, 1.54) is 0 Å². The molecule has 0 fully saturated rings. The van der Waals surface area contributed by atoms with Crippen LogP contribution in [0, 0.1) is 0 Å². The molecule has 1 unspecified atom stereocenters. The van der Waals surface area contributed by atoms with Crippen LogP contribution >= 0.6 is 0 Å². The molecule has 76 valence electrons. The molecule has 1 atom stereocenters. The zero-order valence-corrected chi connectivity index (χ0v) is 6.13. The number of carbonyl (C=O) groups is 2. The summed E-state index contributed by atoms with van der Waals surface area (Å²) in [5.74, 6) is -4.34. The standard InChI is InChI=1S/C5H6F3NO4/c6-5(7,8)4(9,3(12)13)1-2(10)11/h1,9H2,(H,10,11)(H,12,13). The lowest BCUT2D eigenvalue weighted by Crippen LogP contribution is -2.60. The summed E-state index contributed by atoms with van der Waals surface area (Å²) in [4.78, 5) is 20.0. The van der Waals surface area contributed by atoms with Gasteiger partial charge in [0.25, 0.3) is 0 Å². The van der Waals surface area contributed by atoms with E-state index in [4.69, 9.17) is 10.2 Å². The summed E-state index contributed by atoms with van der Waals surface area (Å²) in [6, 6.07) is 0. The molecule has 5 nitrogen and oxygen atoms in total. The van der Waals surface area contributed by atoms with Crippen molar-refractivity contribution in [2.45, 2.75) is 18.1 Å². The number of alkyl halides is 3. The molecule has 4 N–H and O–H groups in total. The molecule has 0 radical (unpaired) electrons. The quantitative estimate of drug-likeness (QED) is 0.587. The Labute approximate surface area is 69.9 Å². The molecule has 0 aromatic rings. The van der Waals surface area contributed by atoms with Gasteiger partial charge in [-0.2, -0.15) is 13.2 Å². The molecule has 0 aromatic heterocycles. The molecular weight excluding hydrogens is 195 g/mol. The van der Waals surface area contributed by atoms with E-state index in [9.17, 15) is 22.8 Å². The minimum atomic E-state index is -5.29. The van der Waals surface area contributed by atoms with Crippen molar-refractivity contribution in [2.75, 3.05) is 0 Å². The fourth-order valence-corrected chi connectivity index (χ4v) is 0.536. The van der Waals surface area contributed by atoms with Gasteiger partial charge >= 0.3 is 18.1 Å². The second-order valence-electron chi connectivity index (χ2n) is 2.34. The Bertz CT molecular complexity index is 238. The van der Waals surface area contributed by atoms with Crippen molar-refractivity contribution < 1.29 is 33.0 Å². The van der Waals surface area contributed by atoms with Gasteiger partial charge in [-0.15, -0.1) is 0 Å². The molecule has 0 spiro atoms. The van der Waals surface area contributed by atoms with Crippen LogP contribution < -0.4 is 5.73 Å². The van der Waals surface area contributed by atoms with E-state index in [0.717, 1.165) is 0 Å². The number of nitrogens with two attached hydrogens (primary N) is 1. The summed E-state index contributed by atoms with van der Waals surface area (Å²) >= 11 is 0. The first-order chi connectivity index (χ1) is 5.61. The van der Waals surface area contributed by atoms with Crippen molar-refractivity contribution in [1.29, 1.82) is 0 Å². The van der Waals surface area contributed by atoms with Crippen LogP contribution in [0.1, 0.15) is 6.42 Å². The first kappa shape index (κ1) is 11.7. The van der Waals surface area contributed by atoms with Crippen molar-refractivity contribution in [2.24, 2.45) is 5.73 Å².